The van der Waals surface area contributed by atoms with Gasteiger partial charge in [0.05, 0.1) is 5.69 Å². The van der Waals surface area contributed by atoms with Crippen LogP contribution >= 0.6 is 11.8 Å². The molecule has 176 valence electrons. The minimum atomic E-state index is 0.948. The Bertz CT molecular complexity index is 433. The first-order valence-corrected chi connectivity index (χ1v) is 13.0. The van der Waals surface area contributed by atoms with Gasteiger partial charge in [-0.3, -0.25) is 4.42 Å². The number of halogens is 1. The van der Waals surface area contributed by atoms with Crippen LogP contribution in [0.25, 0.3) is 0 Å². The van der Waals surface area contributed by atoms with Gasteiger partial charge in [-0.1, -0.05) is 121 Å². The molecule has 0 aromatic heterocycles. The summed E-state index contributed by atoms with van der Waals surface area (Å²) >= 11 is 6.30. The van der Waals surface area contributed by atoms with E-state index in [4.69, 9.17) is 11.8 Å². The molecule has 0 heterocycles. The van der Waals surface area contributed by atoms with Crippen molar-refractivity contribution in [3.63, 3.8) is 0 Å². The lowest BCUT2D eigenvalue weighted by atomic mass is 10.0. The van der Waals surface area contributed by atoms with Crippen molar-refractivity contribution in [3.8, 4) is 0 Å². The number of para-hydroxylation sites is 1. The maximum atomic E-state index is 6.30. The standard InChI is InChI=1S/C24H42ClN.C3H9N/c1-2-3-4-5-6-7-8-9-10-11-12-13-14-15-16-20-23-26(25)24-21-18-17-19-22-24;1-4(2)3/h17-19,21-22H,2-16,20,23H2,1H3;1-3H3. The molecular formula is C27H51ClN2. The van der Waals surface area contributed by atoms with E-state index in [-0.39, 0.29) is 0 Å². The van der Waals surface area contributed by atoms with Gasteiger partial charge in [-0.05, 0) is 39.7 Å². The van der Waals surface area contributed by atoms with E-state index in [1.807, 2.05) is 48.7 Å². The largest absolute Gasteiger partial charge is 0.312 e. The molecule has 3 heteroatoms. The van der Waals surface area contributed by atoms with Crippen LogP contribution in [0.1, 0.15) is 110 Å². The monoisotopic (exact) mass is 438 g/mol. The van der Waals surface area contributed by atoms with Crippen molar-refractivity contribution in [2.75, 3.05) is 32.1 Å². The molecule has 0 bridgehead atoms. The second-order valence-electron chi connectivity index (χ2n) is 9.07. The summed E-state index contributed by atoms with van der Waals surface area (Å²) in [5, 5.41) is 0. The average Bonchev–Trinajstić information content (AvgIpc) is 2.73. The van der Waals surface area contributed by atoms with Crippen LogP contribution in [0.3, 0.4) is 0 Å². The van der Waals surface area contributed by atoms with Gasteiger partial charge in [0.15, 0.2) is 0 Å². The van der Waals surface area contributed by atoms with Gasteiger partial charge in [-0.25, -0.2) is 0 Å². The first-order chi connectivity index (χ1) is 14.6. The van der Waals surface area contributed by atoms with Crippen LogP contribution in [-0.4, -0.2) is 32.6 Å². The number of benzene rings is 1. The molecule has 0 aliphatic heterocycles. The van der Waals surface area contributed by atoms with E-state index in [1.165, 1.54) is 103 Å². The smallest absolute Gasteiger partial charge is 0.0523 e. The highest BCUT2D eigenvalue weighted by Crippen LogP contribution is 2.17. The van der Waals surface area contributed by atoms with Crippen LogP contribution in [0, 0.1) is 0 Å². The highest BCUT2D eigenvalue weighted by molar-refractivity contribution is 6.25. The van der Waals surface area contributed by atoms with Gasteiger partial charge in [-0.15, -0.1) is 0 Å². The predicted molar refractivity (Wildman–Crippen MR) is 139 cm³/mol. The van der Waals surface area contributed by atoms with E-state index in [1.54, 1.807) is 0 Å². The summed E-state index contributed by atoms with van der Waals surface area (Å²) in [6, 6.07) is 10.2. The first-order valence-electron chi connectivity index (χ1n) is 12.7. The molecule has 1 aromatic rings. The normalized spacial score (nSPS) is 10.7. The Kier molecular flexibility index (Phi) is 22.4. The fourth-order valence-electron chi connectivity index (χ4n) is 3.52. The van der Waals surface area contributed by atoms with Crippen LogP contribution in [0.2, 0.25) is 0 Å². The summed E-state index contributed by atoms with van der Waals surface area (Å²) in [6.45, 7) is 3.24. The molecule has 0 radical (unpaired) electrons. The van der Waals surface area contributed by atoms with Gasteiger partial charge in [-0.2, -0.15) is 0 Å². The van der Waals surface area contributed by atoms with Gasteiger partial charge in [0.25, 0.3) is 0 Å². The van der Waals surface area contributed by atoms with Gasteiger partial charge >= 0.3 is 0 Å². The molecule has 0 saturated heterocycles. The lowest BCUT2D eigenvalue weighted by Crippen LogP contribution is -2.11. The van der Waals surface area contributed by atoms with Crippen molar-refractivity contribution in [1.82, 2.24) is 4.90 Å². The highest BCUT2D eigenvalue weighted by atomic mass is 35.5. The zero-order valence-corrected chi connectivity index (χ0v) is 21.4. The Hall–Kier alpha value is -0.730. The van der Waals surface area contributed by atoms with E-state index in [0.717, 1.165) is 12.2 Å². The number of nitrogens with zero attached hydrogens (tertiary/aromatic N) is 2. The third-order valence-electron chi connectivity index (χ3n) is 5.24. The number of hydrogen-bond acceptors (Lipinski definition) is 2. The lowest BCUT2D eigenvalue weighted by molar-refractivity contribution is 0.505. The summed E-state index contributed by atoms with van der Waals surface area (Å²) in [5.41, 5.74) is 1.11. The van der Waals surface area contributed by atoms with Gasteiger partial charge in [0.2, 0.25) is 0 Å². The Balaban J connectivity index is 0.00000192. The molecule has 0 unspecified atom stereocenters. The molecule has 0 amide bonds. The molecule has 0 fully saturated rings. The highest BCUT2D eigenvalue weighted by Gasteiger charge is 2.01. The minimum absolute atomic E-state index is 0.948. The zero-order chi connectivity index (χ0) is 22.3. The fourth-order valence-corrected chi connectivity index (χ4v) is 3.75. The van der Waals surface area contributed by atoms with E-state index < -0.39 is 0 Å². The maximum Gasteiger partial charge on any atom is 0.0523 e. The van der Waals surface area contributed by atoms with Crippen LogP contribution in [-0.2, 0) is 0 Å². The molecule has 0 spiro atoms. The molecule has 0 N–H and O–H groups in total. The third kappa shape index (κ3) is 22.0. The first kappa shape index (κ1) is 29.3. The average molecular weight is 439 g/mol. The lowest BCUT2D eigenvalue weighted by Gasteiger charge is -2.15. The maximum absolute atomic E-state index is 6.30. The predicted octanol–water partition coefficient (Wildman–Crippen LogP) is 9.09. The SMILES string of the molecule is CCCCCCCCCCCCCCCCCCN(Cl)c1ccccc1.CN(C)C. The van der Waals surface area contributed by atoms with E-state index in [9.17, 15) is 0 Å². The summed E-state index contributed by atoms with van der Waals surface area (Å²) in [7, 11) is 6.00. The number of hydrogen-bond donors (Lipinski definition) is 0. The van der Waals surface area contributed by atoms with Gasteiger partial charge < -0.3 is 4.90 Å². The minimum Gasteiger partial charge on any atom is -0.312 e. The number of anilines is 1. The van der Waals surface area contributed by atoms with E-state index in [2.05, 4.69) is 19.1 Å². The molecule has 2 nitrogen and oxygen atoms in total. The van der Waals surface area contributed by atoms with Crippen molar-refractivity contribution in [1.29, 1.82) is 0 Å². The molecule has 1 rings (SSSR count). The quantitative estimate of drug-likeness (QED) is 0.166. The zero-order valence-electron chi connectivity index (χ0n) is 20.7. The second-order valence-corrected chi connectivity index (χ2v) is 9.47. The molecule has 0 saturated carbocycles. The Morgan fingerprint density at radius 2 is 0.900 bits per heavy atom. The molecule has 0 aliphatic carbocycles. The van der Waals surface area contributed by atoms with Crippen LogP contribution in [0.4, 0.5) is 5.69 Å². The Morgan fingerprint density at radius 1 is 0.567 bits per heavy atom. The molecular weight excluding hydrogens is 388 g/mol. The molecule has 0 atom stereocenters. The Labute approximate surface area is 194 Å². The number of unbranched alkanes of at least 4 members (excludes halogenated alkanes) is 15. The summed E-state index contributed by atoms with van der Waals surface area (Å²) in [6.07, 6.45) is 22.5. The molecule has 1 aromatic carbocycles. The summed E-state index contributed by atoms with van der Waals surface area (Å²) in [5.74, 6) is 0. The van der Waals surface area contributed by atoms with Crippen LogP contribution in [0.15, 0.2) is 30.3 Å². The van der Waals surface area contributed by atoms with Crippen LogP contribution < -0.4 is 4.42 Å². The van der Waals surface area contributed by atoms with Gasteiger partial charge in [0, 0.05) is 18.3 Å². The molecule has 0 aliphatic rings. The summed E-state index contributed by atoms with van der Waals surface area (Å²) in [4.78, 5) is 2.00. The van der Waals surface area contributed by atoms with Crippen molar-refractivity contribution < 1.29 is 0 Å². The summed E-state index contributed by atoms with van der Waals surface area (Å²) < 4.78 is 1.85. The molecule has 30 heavy (non-hydrogen) atoms. The van der Waals surface area contributed by atoms with Crippen molar-refractivity contribution in [2.24, 2.45) is 0 Å². The Morgan fingerprint density at radius 3 is 1.27 bits per heavy atom. The van der Waals surface area contributed by atoms with Crippen LogP contribution in [0.5, 0.6) is 0 Å². The van der Waals surface area contributed by atoms with Crippen molar-refractivity contribution in [2.45, 2.75) is 110 Å². The van der Waals surface area contributed by atoms with E-state index >= 15 is 0 Å². The third-order valence-corrected chi connectivity index (χ3v) is 5.61. The van der Waals surface area contributed by atoms with Gasteiger partial charge in [0.1, 0.15) is 0 Å². The van der Waals surface area contributed by atoms with E-state index in [0.29, 0.717) is 0 Å². The second kappa shape index (κ2) is 22.9. The fraction of sp³-hybridized carbons (Fsp3) is 0.778. The number of rotatable bonds is 18. The topological polar surface area (TPSA) is 6.48 Å². The van der Waals surface area contributed by atoms with Crippen molar-refractivity contribution >= 4 is 17.5 Å². The van der Waals surface area contributed by atoms with Crippen molar-refractivity contribution in [3.05, 3.63) is 30.3 Å².